The minimum Gasteiger partial charge on any atom is -0.488 e. The third kappa shape index (κ3) is 2.56. The second-order valence-electron chi connectivity index (χ2n) is 9.21. The molecule has 0 aromatic heterocycles. The number of aliphatic hydroxyl groups excluding tert-OH is 1. The van der Waals surface area contributed by atoms with Gasteiger partial charge in [-0.2, -0.15) is 0 Å². The Morgan fingerprint density at radius 2 is 2.07 bits per heavy atom. The van der Waals surface area contributed by atoms with Gasteiger partial charge in [-0.05, 0) is 38.1 Å². The van der Waals surface area contributed by atoms with Gasteiger partial charge in [0.05, 0.1) is 13.2 Å². The van der Waals surface area contributed by atoms with Gasteiger partial charge in [-0.25, -0.2) is 0 Å². The number of hydrogen-bond acceptors (Lipinski definition) is 6. The number of likely N-dealkylation sites (N-methyl/N-ethyl adjacent to an activating group) is 1. The molecular formula is C23H30N2O4. The molecule has 6 nitrogen and oxygen atoms in total. The summed E-state index contributed by atoms with van der Waals surface area (Å²) < 4.78 is 18.2. The molecule has 2 bridgehead atoms. The third-order valence-electron chi connectivity index (χ3n) is 7.90. The zero-order valence-electron chi connectivity index (χ0n) is 17.0. The van der Waals surface area contributed by atoms with Crippen LogP contribution in [0.15, 0.2) is 24.3 Å². The van der Waals surface area contributed by atoms with Gasteiger partial charge in [0, 0.05) is 42.6 Å². The fraction of sp³-hybridized carbons (Fsp3) is 0.652. The minimum absolute atomic E-state index is 0.113. The molecule has 3 heterocycles. The van der Waals surface area contributed by atoms with Gasteiger partial charge in [-0.3, -0.25) is 4.90 Å². The first kappa shape index (κ1) is 18.2. The Morgan fingerprint density at radius 1 is 1.21 bits per heavy atom. The number of nitrogens with zero attached hydrogens (tertiary/aromatic N) is 2. The van der Waals surface area contributed by atoms with Crippen molar-refractivity contribution in [1.29, 1.82) is 0 Å². The maximum atomic E-state index is 10.8. The van der Waals surface area contributed by atoms with Gasteiger partial charge in [0.1, 0.15) is 18.8 Å². The molecule has 6 heteroatoms. The monoisotopic (exact) mass is 398 g/mol. The highest BCUT2D eigenvalue weighted by Crippen LogP contribution is 2.62. The fourth-order valence-electron chi connectivity index (χ4n) is 6.45. The van der Waals surface area contributed by atoms with E-state index in [2.05, 4.69) is 35.1 Å². The molecule has 0 radical (unpaired) electrons. The summed E-state index contributed by atoms with van der Waals surface area (Å²) in [5, 5.41) is 10.8. The number of likely N-dealkylation sites (tertiary alicyclic amines) is 1. The molecule has 29 heavy (non-hydrogen) atoms. The van der Waals surface area contributed by atoms with Crippen LogP contribution in [0.3, 0.4) is 0 Å². The van der Waals surface area contributed by atoms with E-state index < -0.39 is 6.10 Å². The van der Waals surface area contributed by atoms with Crippen LogP contribution in [0.4, 0.5) is 0 Å². The highest BCUT2D eigenvalue weighted by Gasteiger charge is 2.64. The van der Waals surface area contributed by atoms with Crippen LogP contribution in [-0.2, 0) is 16.6 Å². The van der Waals surface area contributed by atoms with Crippen molar-refractivity contribution in [3.05, 3.63) is 35.4 Å². The summed E-state index contributed by atoms with van der Waals surface area (Å²) >= 11 is 0. The Morgan fingerprint density at radius 3 is 2.93 bits per heavy atom. The predicted octanol–water partition coefficient (Wildman–Crippen LogP) is 1.20. The van der Waals surface area contributed by atoms with Crippen LogP contribution in [0.25, 0.3) is 0 Å². The number of benzene rings is 1. The van der Waals surface area contributed by atoms with Crippen molar-refractivity contribution in [2.45, 2.75) is 36.5 Å². The normalized spacial score (nSPS) is 37.9. The second-order valence-corrected chi connectivity index (χ2v) is 9.21. The molecule has 2 fully saturated rings. The first-order valence-electron chi connectivity index (χ1n) is 11.0. The lowest BCUT2D eigenvalue weighted by atomic mass is 9.53. The van der Waals surface area contributed by atoms with E-state index in [4.69, 9.17) is 14.2 Å². The zero-order chi connectivity index (χ0) is 19.6. The van der Waals surface area contributed by atoms with E-state index in [-0.39, 0.29) is 11.5 Å². The van der Waals surface area contributed by atoms with Crippen LogP contribution < -0.4 is 9.47 Å². The van der Waals surface area contributed by atoms with Gasteiger partial charge in [0.2, 0.25) is 0 Å². The number of morpholine rings is 1. The summed E-state index contributed by atoms with van der Waals surface area (Å²) in [6, 6.07) is 4.80. The Kier molecular flexibility index (Phi) is 4.21. The molecule has 2 saturated heterocycles. The lowest BCUT2D eigenvalue weighted by molar-refractivity contribution is -0.0454. The first-order chi connectivity index (χ1) is 14.2. The van der Waals surface area contributed by atoms with E-state index in [1.165, 1.54) is 11.1 Å². The Bertz CT molecular complexity index is 836. The van der Waals surface area contributed by atoms with Crippen molar-refractivity contribution in [3.8, 4) is 11.5 Å². The smallest absolute Gasteiger partial charge is 0.165 e. The van der Waals surface area contributed by atoms with Gasteiger partial charge in [0.15, 0.2) is 11.5 Å². The molecule has 1 aromatic rings. The van der Waals surface area contributed by atoms with Crippen LogP contribution in [0, 0.1) is 5.92 Å². The van der Waals surface area contributed by atoms with Crippen molar-refractivity contribution < 1.29 is 19.3 Å². The van der Waals surface area contributed by atoms with Crippen molar-refractivity contribution in [2.24, 2.45) is 5.92 Å². The summed E-state index contributed by atoms with van der Waals surface area (Å²) in [5.41, 5.74) is 2.58. The SMILES string of the molecule is CN1CC[C@@]23c4c5ccc(OCCN6CCOCC6)c4O[C@@H]2[C@H](O)C=C[C@@H]3[C@@H]1C5. The summed E-state index contributed by atoms with van der Waals surface area (Å²) in [5.74, 6) is 2.13. The predicted molar refractivity (Wildman–Crippen MR) is 109 cm³/mol. The average Bonchev–Trinajstić information content (AvgIpc) is 3.09. The summed E-state index contributed by atoms with van der Waals surface area (Å²) in [6.07, 6.45) is 5.51. The van der Waals surface area contributed by atoms with Crippen LogP contribution in [-0.4, -0.2) is 86.2 Å². The molecule has 1 spiro atoms. The summed E-state index contributed by atoms with van der Waals surface area (Å²) in [6.45, 7) is 6.13. The molecule has 2 aliphatic carbocycles. The Hall–Kier alpha value is -1.60. The van der Waals surface area contributed by atoms with Crippen molar-refractivity contribution >= 4 is 0 Å². The van der Waals surface area contributed by atoms with Gasteiger partial charge in [0.25, 0.3) is 0 Å². The molecular weight excluding hydrogens is 368 g/mol. The topological polar surface area (TPSA) is 54.4 Å². The maximum absolute atomic E-state index is 10.8. The second kappa shape index (κ2) is 6.71. The van der Waals surface area contributed by atoms with E-state index in [1.54, 1.807) is 0 Å². The fourth-order valence-corrected chi connectivity index (χ4v) is 6.45. The maximum Gasteiger partial charge on any atom is 0.165 e. The van der Waals surface area contributed by atoms with Gasteiger partial charge in [-0.15, -0.1) is 0 Å². The number of aliphatic hydroxyl groups is 1. The Labute approximate surface area is 172 Å². The van der Waals surface area contributed by atoms with Crippen molar-refractivity contribution in [1.82, 2.24) is 9.80 Å². The lowest BCUT2D eigenvalue weighted by Gasteiger charge is -2.56. The van der Waals surface area contributed by atoms with E-state index >= 15 is 0 Å². The van der Waals surface area contributed by atoms with Gasteiger partial charge < -0.3 is 24.2 Å². The lowest BCUT2D eigenvalue weighted by Crippen LogP contribution is -2.64. The quantitative estimate of drug-likeness (QED) is 0.770. The standard InChI is InChI=1S/C23H30N2O4/c1-24-7-6-23-16-3-4-18(26)22(23)29-21-19(5-2-15(20(21)23)14-17(16)24)28-13-10-25-8-11-27-12-9-25/h2-5,16-18,22,26H,6-14H2,1H3/t16-,17+,18-,22-,23-/m1/s1. The average molecular weight is 399 g/mol. The third-order valence-corrected chi connectivity index (χ3v) is 7.90. The van der Waals surface area contributed by atoms with E-state index in [0.29, 0.717) is 18.6 Å². The number of hydrogen-bond donors (Lipinski definition) is 1. The number of rotatable bonds is 4. The largest absolute Gasteiger partial charge is 0.488 e. The zero-order valence-corrected chi connectivity index (χ0v) is 17.0. The molecule has 156 valence electrons. The van der Waals surface area contributed by atoms with Crippen LogP contribution in [0.2, 0.25) is 0 Å². The van der Waals surface area contributed by atoms with Crippen molar-refractivity contribution in [3.63, 3.8) is 0 Å². The van der Waals surface area contributed by atoms with Crippen molar-refractivity contribution in [2.75, 3.05) is 53.0 Å². The molecule has 6 rings (SSSR count). The molecule has 5 atom stereocenters. The molecule has 0 saturated carbocycles. The van der Waals surface area contributed by atoms with E-state index in [1.807, 2.05) is 6.08 Å². The van der Waals surface area contributed by atoms with E-state index in [9.17, 15) is 5.11 Å². The van der Waals surface area contributed by atoms with Gasteiger partial charge in [-0.1, -0.05) is 18.2 Å². The molecule has 3 aliphatic heterocycles. The molecule has 5 aliphatic rings. The molecule has 1 aromatic carbocycles. The number of piperidine rings is 1. The summed E-state index contributed by atoms with van der Waals surface area (Å²) in [7, 11) is 2.23. The van der Waals surface area contributed by atoms with Crippen LogP contribution in [0.5, 0.6) is 11.5 Å². The van der Waals surface area contributed by atoms with Crippen LogP contribution >= 0.6 is 0 Å². The highest BCUT2D eigenvalue weighted by molar-refractivity contribution is 5.62. The highest BCUT2D eigenvalue weighted by atomic mass is 16.5. The molecule has 0 unspecified atom stereocenters. The summed E-state index contributed by atoms with van der Waals surface area (Å²) in [4.78, 5) is 4.87. The first-order valence-corrected chi connectivity index (χ1v) is 11.0. The molecule has 0 amide bonds. The molecule has 1 N–H and O–H groups in total. The van der Waals surface area contributed by atoms with E-state index in [0.717, 1.165) is 63.7 Å². The van der Waals surface area contributed by atoms with Gasteiger partial charge >= 0.3 is 0 Å². The van der Waals surface area contributed by atoms with Crippen LogP contribution in [0.1, 0.15) is 17.5 Å². The number of ether oxygens (including phenoxy) is 3. The Balaban J connectivity index is 1.33. The minimum atomic E-state index is -0.560.